The molecular formula is C17H22F2N2O5. The molecule has 0 atom stereocenters. The maximum atomic E-state index is 12.5. The van der Waals surface area contributed by atoms with E-state index in [2.05, 4.69) is 10.1 Å². The van der Waals surface area contributed by atoms with E-state index in [1.54, 1.807) is 0 Å². The Morgan fingerprint density at radius 2 is 2.04 bits per heavy atom. The number of carboxylic acid groups (broad SMARTS) is 1. The number of likely N-dealkylation sites (N-methyl/N-ethyl adjacent to an activating group) is 1. The number of halogens is 2. The van der Waals surface area contributed by atoms with Crippen LogP contribution in [0.25, 0.3) is 0 Å². The second kappa shape index (κ2) is 8.79. The molecule has 2 rings (SSSR count). The minimum atomic E-state index is -3.02. The van der Waals surface area contributed by atoms with Gasteiger partial charge in [0.15, 0.2) is 11.5 Å². The molecule has 0 heterocycles. The van der Waals surface area contributed by atoms with Crippen LogP contribution < -0.4 is 14.8 Å². The summed E-state index contributed by atoms with van der Waals surface area (Å²) in [6.45, 7) is -0.556. The molecule has 26 heavy (non-hydrogen) atoms. The maximum Gasteiger partial charge on any atom is 0.387 e. The van der Waals surface area contributed by atoms with Gasteiger partial charge in [-0.25, -0.2) is 0 Å². The molecule has 1 fully saturated rings. The summed E-state index contributed by atoms with van der Waals surface area (Å²) >= 11 is 0. The molecule has 1 saturated carbocycles. The van der Waals surface area contributed by atoms with Crippen molar-refractivity contribution in [3.05, 3.63) is 23.8 Å². The molecule has 2 N–H and O–H groups in total. The van der Waals surface area contributed by atoms with Gasteiger partial charge in [0.05, 0.1) is 13.7 Å². The summed E-state index contributed by atoms with van der Waals surface area (Å²) in [5.74, 6) is -1.39. The van der Waals surface area contributed by atoms with Crippen LogP contribution in [0, 0.1) is 0 Å². The first-order valence-corrected chi connectivity index (χ1v) is 8.23. The number of methoxy groups -OCH3 is 1. The van der Waals surface area contributed by atoms with Gasteiger partial charge in [0, 0.05) is 17.6 Å². The fourth-order valence-corrected chi connectivity index (χ4v) is 2.95. The van der Waals surface area contributed by atoms with Crippen LogP contribution in [0.2, 0.25) is 0 Å². The van der Waals surface area contributed by atoms with Crippen molar-refractivity contribution >= 4 is 11.9 Å². The van der Waals surface area contributed by atoms with Crippen molar-refractivity contribution in [1.82, 2.24) is 10.2 Å². The summed E-state index contributed by atoms with van der Waals surface area (Å²) in [5, 5.41) is 11.7. The molecule has 0 saturated heterocycles. The first kappa shape index (κ1) is 19.9. The lowest BCUT2D eigenvalue weighted by Gasteiger charge is -2.42. The molecule has 1 aliphatic rings. The van der Waals surface area contributed by atoms with Gasteiger partial charge in [0.1, 0.15) is 0 Å². The van der Waals surface area contributed by atoms with E-state index in [-0.39, 0.29) is 35.7 Å². The van der Waals surface area contributed by atoms with Crippen molar-refractivity contribution in [1.29, 1.82) is 0 Å². The molecular weight excluding hydrogens is 350 g/mol. The highest BCUT2D eigenvalue weighted by molar-refractivity contribution is 5.95. The highest BCUT2D eigenvalue weighted by atomic mass is 19.3. The van der Waals surface area contributed by atoms with Crippen molar-refractivity contribution in [2.24, 2.45) is 0 Å². The van der Waals surface area contributed by atoms with Gasteiger partial charge in [-0.3, -0.25) is 14.5 Å². The van der Waals surface area contributed by atoms with Crippen molar-refractivity contribution in [3.63, 3.8) is 0 Å². The highest BCUT2D eigenvalue weighted by Crippen LogP contribution is 2.30. The summed E-state index contributed by atoms with van der Waals surface area (Å²) < 4.78 is 34.2. The van der Waals surface area contributed by atoms with Crippen molar-refractivity contribution in [2.45, 2.75) is 38.5 Å². The number of ether oxygens (including phenoxy) is 2. The van der Waals surface area contributed by atoms with Gasteiger partial charge in [-0.05, 0) is 37.6 Å². The van der Waals surface area contributed by atoms with E-state index >= 15 is 0 Å². The molecule has 7 nitrogen and oxygen atoms in total. The van der Waals surface area contributed by atoms with Crippen LogP contribution >= 0.6 is 0 Å². The van der Waals surface area contributed by atoms with Gasteiger partial charge in [0.25, 0.3) is 5.91 Å². The van der Waals surface area contributed by atoms with Crippen molar-refractivity contribution < 1.29 is 33.0 Å². The van der Waals surface area contributed by atoms with Crippen LogP contribution in [0.1, 0.15) is 30.1 Å². The third-order valence-electron chi connectivity index (χ3n) is 4.35. The fourth-order valence-electron chi connectivity index (χ4n) is 2.95. The average molecular weight is 372 g/mol. The lowest BCUT2D eigenvalue weighted by molar-refractivity contribution is -0.139. The van der Waals surface area contributed by atoms with E-state index in [0.29, 0.717) is 19.4 Å². The summed E-state index contributed by atoms with van der Waals surface area (Å²) in [7, 11) is 1.32. The summed E-state index contributed by atoms with van der Waals surface area (Å²) in [4.78, 5) is 25.0. The number of alkyl halides is 2. The topological polar surface area (TPSA) is 88.1 Å². The number of amides is 1. The number of carbonyl (C=O) groups is 2. The van der Waals surface area contributed by atoms with Crippen molar-refractivity contribution in [3.8, 4) is 11.5 Å². The molecule has 1 aromatic rings. The first-order valence-electron chi connectivity index (χ1n) is 8.23. The lowest BCUT2D eigenvalue weighted by atomic mass is 9.85. The number of hydrogen-bond acceptors (Lipinski definition) is 5. The van der Waals surface area contributed by atoms with Crippen LogP contribution in [0.3, 0.4) is 0 Å². The van der Waals surface area contributed by atoms with Crippen LogP contribution in [-0.4, -0.2) is 60.8 Å². The van der Waals surface area contributed by atoms with E-state index in [9.17, 15) is 18.4 Å². The van der Waals surface area contributed by atoms with Crippen LogP contribution in [0.4, 0.5) is 8.78 Å². The normalized spacial score (nSPS) is 19.2. The molecule has 1 amide bonds. The Balaban J connectivity index is 1.94. The third kappa shape index (κ3) is 5.04. The first-order chi connectivity index (χ1) is 12.3. The smallest absolute Gasteiger partial charge is 0.387 e. The Morgan fingerprint density at radius 3 is 2.58 bits per heavy atom. The summed E-state index contributed by atoms with van der Waals surface area (Å²) in [6.07, 6.45) is 1.28. The molecule has 0 unspecified atom stereocenters. The van der Waals surface area contributed by atoms with Crippen LogP contribution in [0.5, 0.6) is 11.5 Å². The molecule has 0 spiro atoms. The highest BCUT2D eigenvalue weighted by Gasteiger charge is 2.34. The Morgan fingerprint density at radius 1 is 1.35 bits per heavy atom. The van der Waals surface area contributed by atoms with Gasteiger partial charge >= 0.3 is 12.6 Å². The number of hydrogen-bond donors (Lipinski definition) is 2. The zero-order chi connectivity index (χ0) is 19.3. The zero-order valence-electron chi connectivity index (χ0n) is 14.6. The van der Waals surface area contributed by atoms with E-state index in [1.165, 1.54) is 25.3 Å². The Labute approximate surface area is 149 Å². The Hall–Kier alpha value is -2.42. The molecule has 0 aromatic heterocycles. The molecule has 144 valence electrons. The second-order valence-electron chi connectivity index (χ2n) is 6.00. The van der Waals surface area contributed by atoms with Crippen molar-refractivity contribution in [2.75, 3.05) is 20.2 Å². The van der Waals surface area contributed by atoms with Gasteiger partial charge in [0.2, 0.25) is 0 Å². The fraction of sp³-hybridized carbons (Fsp3) is 0.529. The van der Waals surface area contributed by atoms with E-state index < -0.39 is 18.5 Å². The second-order valence-corrected chi connectivity index (χ2v) is 6.00. The minimum Gasteiger partial charge on any atom is -0.493 e. The van der Waals surface area contributed by atoms with E-state index in [1.807, 2.05) is 11.8 Å². The molecule has 1 aliphatic carbocycles. The number of carbonyl (C=O) groups excluding carboxylic acids is 1. The number of carboxylic acids is 1. The molecule has 0 aliphatic heterocycles. The molecule has 1 aromatic carbocycles. The quantitative estimate of drug-likeness (QED) is 0.689. The Kier molecular flexibility index (Phi) is 6.73. The predicted octanol–water partition coefficient (Wildman–Crippen LogP) is 1.96. The number of aliphatic carboxylic acids is 1. The number of benzene rings is 1. The van der Waals surface area contributed by atoms with Gasteiger partial charge < -0.3 is 19.9 Å². The number of rotatable bonds is 9. The molecule has 0 radical (unpaired) electrons. The number of nitrogens with zero attached hydrogens (tertiary/aromatic N) is 1. The van der Waals surface area contributed by atoms with Gasteiger partial charge in [-0.15, -0.1) is 0 Å². The average Bonchev–Trinajstić information content (AvgIpc) is 2.54. The summed E-state index contributed by atoms with van der Waals surface area (Å²) in [6, 6.07) is 4.08. The van der Waals surface area contributed by atoms with E-state index in [4.69, 9.17) is 9.84 Å². The monoisotopic (exact) mass is 372 g/mol. The Bertz CT molecular complexity index is 650. The lowest BCUT2D eigenvalue weighted by Crippen LogP contribution is -2.54. The van der Waals surface area contributed by atoms with Crippen LogP contribution in [0.15, 0.2) is 18.2 Å². The van der Waals surface area contributed by atoms with E-state index in [0.717, 1.165) is 0 Å². The standard InChI is InChI=1S/C17H22F2N2O5/c1-3-21(9-15(22)23)12-7-11(8-12)20-16(24)10-4-5-13(25-2)14(6-10)26-17(18)19/h4-6,11-12,17H,3,7-9H2,1-2H3,(H,20,24)(H,22,23). The largest absolute Gasteiger partial charge is 0.493 e. The zero-order valence-corrected chi connectivity index (χ0v) is 14.6. The predicted molar refractivity (Wildman–Crippen MR) is 88.8 cm³/mol. The summed E-state index contributed by atoms with van der Waals surface area (Å²) in [5.41, 5.74) is 0.183. The minimum absolute atomic E-state index is 0.0331. The SMILES string of the molecule is CCN(CC(=O)O)C1CC(NC(=O)c2ccc(OC)c(OC(F)F)c2)C1. The molecule has 9 heteroatoms. The maximum absolute atomic E-state index is 12.5. The van der Waals surface area contributed by atoms with Gasteiger partial charge in [-0.1, -0.05) is 6.92 Å². The van der Waals surface area contributed by atoms with Gasteiger partial charge in [-0.2, -0.15) is 8.78 Å². The number of nitrogens with one attached hydrogen (secondary N) is 1. The van der Waals surface area contributed by atoms with Crippen LogP contribution in [-0.2, 0) is 4.79 Å². The molecule has 0 bridgehead atoms. The third-order valence-corrected chi connectivity index (χ3v) is 4.35.